The van der Waals surface area contributed by atoms with Gasteiger partial charge in [0.05, 0.1) is 7.11 Å². The van der Waals surface area contributed by atoms with Gasteiger partial charge in [-0.15, -0.1) is 6.58 Å². The van der Waals surface area contributed by atoms with E-state index in [1.54, 1.807) is 7.11 Å². The van der Waals surface area contributed by atoms with E-state index >= 15 is 0 Å². The molecule has 0 bridgehead atoms. The molecule has 1 heterocycles. The van der Waals surface area contributed by atoms with Gasteiger partial charge >= 0.3 is 0 Å². The zero-order valence-corrected chi connectivity index (χ0v) is 30.0. The standard InChI is InChI=1S/C45H47NO4/c1-7-14-31-21-33(22-39(49-6)43(31)50-28-32-19-13-18-30-17-11-12-20-34(30)32)40-41-35(23-44(2,3)25-37(41)47)46(27-29-15-9-8-10-16-29)36-24-45(4,5)26-38(48)42(36)40/h7-13,15-22,40H,1,14,23-28H2,2-6H3. The molecule has 1 aliphatic heterocycles. The average molecular weight is 666 g/mol. The Kier molecular flexibility index (Phi) is 8.80. The van der Waals surface area contributed by atoms with Crippen molar-refractivity contribution in [1.29, 1.82) is 0 Å². The summed E-state index contributed by atoms with van der Waals surface area (Å²) in [6.07, 6.45) is 4.79. The number of methoxy groups -OCH3 is 1. The lowest BCUT2D eigenvalue weighted by molar-refractivity contribution is -0.119. The van der Waals surface area contributed by atoms with Gasteiger partial charge in [0.15, 0.2) is 23.1 Å². The highest BCUT2D eigenvalue weighted by Crippen LogP contribution is 2.55. The highest BCUT2D eigenvalue weighted by Gasteiger charge is 2.49. The lowest BCUT2D eigenvalue weighted by Crippen LogP contribution is -2.44. The monoisotopic (exact) mass is 665 g/mol. The molecule has 0 unspecified atom stereocenters. The van der Waals surface area contributed by atoms with Gasteiger partial charge in [0.2, 0.25) is 0 Å². The zero-order chi connectivity index (χ0) is 35.2. The third-order valence-corrected chi connectivity index (χ3v) is 10.5. The van der Waals surface area contributed by atoms with Crippen molar-refractivity contribution in [3.63, 3.8) is 0 Å². The molecule has 4 aromatic carbocycles. The van der Waals surface area contributed by atoms with E-state index in [2.05, 4.69) is 99.8 Å². The van der Waals surface area contributed by atoms with Crippen LogP contribution in [0.1, 0.15) is 81.5 Å². The van der Waals surface area contributed by atoms with Crippen LogP contribution in [0.4, 0.5) is 0 Å². The summed E-state index contributed by atoms with van der Waals surface area (Å²) in [7, 11) is 1.65. The number of benzene rings is 4. The maximum atomic E-state index is 14.4. The van der Waals surface area contributed by atoms with E-state index < -0.39 is 5.92 Å². The summed E-state index contributed by atoms with van der Waals surface area (Å²) < 4.78 is 12.7. The molecule has 0 amide bonds. The van der Waals surface area contributed by atoms with Crippen LogP contribution in [0.2, 0.25) is 0 Å². The Labute approximate surface area is 296 Å². The molecule has 3 aliphatic rings. The molecule has 0 saturated carbocycles. The molecule has 4 aromatic rings. The summed E-state index contributed by atoms with van der Waals surface area (Å²) in [6.45, 7) is 13.8. The molecule has 0 N–H and O–H groups in total. The molecule has 0 radical (unpaired) electrons. The van der Waals surface area contributed by atoms with Crippen LogP contribution in [0.5, 0.6) is 11.5 Å². The number of fused-ring (bicyclic) bond motifs is 1. The maximum absolute atomic E-state index is 14.4. The second-order valence-corrected chi connectivity index (χ2v) is 15.7. The molecule has 5 heteroatoms. The van der Waals surface area contributed by atoms with Gasteiger partial charge in [-0.1, -0.05) is 113 Å². The van der Waals surface area contributed by atoms with Gasteiger partial charge < -0.3 is 14.4 Å². The van der Waals surface area contributed by atoms with E-state index in [-0.39, 0.29) is 22.4 Å². The van der Waals surface area contributed by atoms with Gasteiger partial charge in [0.1, 0.15) is 6.61 Å². The number of nitrogens with zero attached hydrogens (tertiary/aromatic N) is 1. The van der Waals surface area contributed by atoms with Gasteiger partial charge in [0, 0.05) is 53.4 Å². The second-order valence-electron chi connectivity index (χ2n) is 15.7. The quantitative estimate of drug-likeness (QED) is 0.167. The van der Waals surface area contributed by atoms with E-state index in [1.807, 2.05) is 30.3 Å². The topological polar surface area (TPSA) is 55.8 Å². The Morgan fingerprint density at radius 1 is 0.780 bits per heavy atom. The Hall–Kier alpha value is -4.90. The van der Waals surface area contributed by atoms with E-state index in [0.29, 0.717) is 43.9 Å². The molecule has 0 atom stereocenters. The summed E-state index contributed by atoms with van der Waals surface area (Å²) in [5.74, 6) is 0.987. The number of hydrogen-bond donors (Lipinski definition) is 0. The molecular weight excluding hydrogens is 618 g/mol. The first kappa shape index (κ1) is 33.6. The van der Waals surface area contributed by atoms with Crippen molar-refractivity contribution in [2.24, 2.45) is 10.8 Å². The molecule has 2 aliphatic carbocycles. The van der Waals surface area contributed by atoms with E-state index in [1.165, 1.54) is 0 Å². The third kappa shape index (κ3) is 6.30. The number of rotatable bonds is 9. The van der Waals surface area contributed by atoms with Crippen LogP contribution >= 0.6 is 0 Å². The highest BCUT2D eigenvalue weighted by molar-refractivity contribution is 6.07. The van der Waals surface area contributed by atoms with Crippen LogP contribution in [0.3, 0.4) is 0 Å². The molecule has 50 heavy (non-hydrogen) atoms. The van der Waals surface area contributed by atoms with E-state index in [4.69, 9.17) is 9.47 Å². The minimum Gasteiger partial charge on any atom is -0.493 e. The van der Waals surface area contributed by atoms with Crippen LogP contribution in [0, 0.1) is 10.8 Å². The Morgan fingerprint density at radius 3 is 2.04 bits per heavy atom. The van der Waals surface area contributed by atoms with Crippen molar-refractivity contribution >= 4 is 22.3 Å². The van der Waals surface area contributed by atoms with Gasteiger partial charge in [-0.25, -0.2) is 0 Å². The van der Waals surface area contributed by atoms with Crippen molar-refractivity contribution in [2.75, 3.05) is 7.11 Å². The molecule has 5 nitrogen and oxygen atoms in total. The van der Waals surface area contributed by atoms with Gasteiger partial charge in [0.25, 0.3) is 0 Å². The molecule has 0 saturated heterocycles. The van der Waals surface area contributed by atoms with Gasteiger partial charge in [-0.05, 0) is 63.6 Å². The van der Waals surface area contributed by atoms with Crippen molar-refractivity contribution in [3.8, 4) is 11.5 Å². The van der Waals surface area contributed by atoms with Crippen molar-refractivity contribution in [1.82, 2.24) is 4.90 Å². The normalized spacial score (nSPS) is 18.6. The largest absolute Gasteiger partial charge is 0.493 e. The summed E-state index contributed by atoms with van der Waals surface area (Å²) in [4.78, 5) is 31.2. The fourth-order valence-corrected chi connectivity index (χ4v) is 8.38. The number of hydrogen-bond acceptors (Lipinski definition) is 5. The Balaban J connectivity index is 1.39. The molecule has 0 spiro atoms. The summed E-state index contributed by atoms with van der Waals surface area (Å²) in [5, 5.41) is 2.31. The Bertz CT molecular complexity index is 2010. The van der Waals surface area contributed by atoms with E-state index in [0.717, 1.165) is 68.4 Å². The first-order valence-electron chi connectivity index (χ1n) is 17.7. The van der Waals surface area contributed by atoms with Crippen LogP contribution < -0.4 is 9.47 Å². The molecule has 7 rings (SSSR count). The fraction of sp³-hybridized carbons (Fsp3) is 0.333. The summed E-state index contributed by atoms with van der Waals surface area (Å²) >= 11 is 0. The summed E-state index contributed by atoms with van der Waals surface area (Å²) in [5.41, 5.74) is 7.23. The first-order chi connectivity index (χ1) is 24.0. The maximum Gasteiger partial charge on any atom is 0.165 e. The van der Waals surface area contributed by atoms with E-state index in [9.17, 15) is 9.59 Å². The van der Waals surface area contributed by atoms with Crippen LogP contribution in [0.15, 0.2) is 120 Å². The first-order valence-corrected chi connectivity index (χ1v) is 17.7. The minimum atomic E-state index is -0.483. The number of carbonyl (C=O) groups is 2. The predicted molar refractivity (Wildman–Crippen MR) is 200 cm³/mol. The second kappa shape index (κ2) is 13.1. The minimum absolute atomic E-state index is 0.115. The molecular formula is C45H47NO4. The van der Waals surface area contributed by atoms with Crippen LogP contribution in [0.25, 0.3) is 10.8 Å². The molecule has 256 valence electrons. The number of allylic oxidation sites excluding steroid dienone is 5. The van der Waals surface area contributed by atoms with Gasteiger partial charge in [-0.2, -0.15) is 0 Å². The highest BCUT2D eigenvalue weighted by atomic mass is 16.5. The zero-order valence-electron chi connectivity index (χ0n) is 30.0. The smallest absolute Gasteiger partial charge is 0.165 e. The summed E-state index contributed by atoms with van der Waals surface area (Å²) in [6, 6.07) is 29.1. The van der Waals surface area contributed by atoms with Crippen molar-refractivity contribution in [2.45, 2.75) is 78.9 Å². The lowest BCUT2D eigenvalue weighted by atomic mass is 9.63. The van der Waals surface area contributed by atoms with Crippen LogP contribution in [-0.4, -0.2) is 23.6 Å². The third-order valence-electron chi connectivity index (χ3n) is 10.5. The molecule has 0 aromatic heterocycles. The average Bonchev–Trinajstić information content (AvgIpc) is 3.07. The number of ketones is 2. The number of carbonyl (C=O) groups excluding carboxylic acids is 2. The number of ether oxygens (including phenoxy) is 2. The van der Waals surface area contributed by atoms with Gasteiger partial charge in [-0.3, -0.25) is 9.59 Å². The predicted octanol–water partition coefficient (Wildman–Crippen LogP) is 10.0. The van der Waals surface area contributed by atoms with Crippen molar-refractivity contribution in [3.05, 3.63) is 142 Å². The van der Waals surface area contributed by atoms with Crippen LogP contribution in [-0.2, 0) is 29.2 Å². The van der Waals surface area contributed by atoms with Crippen molar-refractivity contribution < 1.29 is 19.1 Å². The Morgan fingerprint density at radius 2 is 1.40 bits per heavy atom. The fourth-order valence-electron chi connectivity index (χ4n) is 8.38. The lowest BCUT2D eigenvalue weighted by Gasteiger charge is -2.49. The molecule has 0 fully saturated rings. The number of Topliss-reactive ketones (excluding diaryl/α,β-unsaturated/α-hetero) is 2. The SMILES string of the molecule is C=CCc1cc(C2C3=C(CC(C)(C)CC3=O)N(Cc3ccccc3)C3=C2C(=O)CC(C)(C)C3)cc(OC)c1OCc1cccc2ccccc12.